The third-order valence-corrected chi connectivity index (χ3v) is 5.38. The first-order chi connectivity index (χ1) is 12.6. The molecule has 2 heterocycles. The van der Waals surface area contributed by atoms with Crippen molar-refractivity contribution in [3.05, 3.63) is 0 Å². The van der Waals surface area contributed by atoms with E-state index in [9.17, 15) is 5.11 Å². The highest BCUT2D eigenvalue weighted by molar-refractivity contribution is 14.0. The average molecular weight is 496 g/mol. The lowest BCUT2D eigenvalue weighted by atomic mass is 9.94. The molecule has 7 heteroatoms. The standard InChI is InChI=1S/C20H40N4O2.HI/c1-4-21-20(22-14-18(6-10-25)13-17(2)3)24-7-5-19(16-24)15-23-8-11-26-12-9-23;/h17-19,25H,4-16H2,1-3H3,(H,21,22);1H. The Bertz CT molecular complexity index is 417. The molecule has 2 rings (SSSR count). The van der Waals surface area contributed by atoms with Crippen molar-refractivity contribution in [3.8, 4) is 0 Å². The zero-order valence-corrected chi connectivity index (χ0v) is 19.9. The van der Waals surface area contributed by atoms with Gasteiger partial charge in [-0.15, -0.1) is 24.0 Å². The van der Waals surface area contributed by atoms with Gasteiger partial charge in [-0.2, -0.15) is 0 Å². The Morgan fingerprint density at radius 3 is 2.63 bits per heavy atom. The second kappa shape index (κ2) is 14.0. The van der Waals surface area contributed by atoms with Crippen LogP contribution in [0.2, 0.25) is 0 Å². The first-order valence-electron chi connectivity index (χ1n) is 10.6. The van der Waals surface area contributed by atoms with E-state index in [1.165, 1.54) is 13.0 Å². The fourth-order valence-electron chi connectivity index (χ4n) is 4.10. The number of halogens is 1. The van der Waals surface area contributed by atoms with Gasteiger partial charge >= 0.3 is 0 Å². The summed E-state index contributed by atoms with van der Waals surface area (Å²) in [6, 6.07) is 0. The lowest BCUT2D eigenvalue weighted by Crippen LogP contribution is -2.42. The number of nitrogens with zero attached hydrogens (tertiary/aromatic N) is 3. The molecule has 0 aromatic carbocycles. The molecular formula is C20H41IN4O2. The molecule has 2 aliphatic heterocycles. The minimum absolute atomic E-state index is 0. The van der Waals surface area contributed by atoms with Crippen molar-refractivity contribution in [2.45, 2.75) is 40.0 Å². The first-order valence-corrected chi connectivity index (χ1v) is 10.6. The van der Waals surface area contributed by atoms with Gasteiger partial charge in [-0.05, 0) is 43.9 Å². The Labute approximate surface area is 183 Å². The quantitative estimate of drug-likeness (QED) is 0.292. The normalized spacial score (nSPS) is 22.8. The molecule has 2 unspecified atom stereocenters. The number of aliphatic hydroxyl groups is 1. The van der Waals surface area contributed by atoms with E-state index in [2.05, 4.69) is 35.9 Å². The average Bonchev–Trinajstić information content (AvgIpc) is 3.07. The first kappa shape index (κ1) is 24.9. The van der Waals surface area contributed by atoms with E-state index in [0.717, 1.165) is 77.2 Å². The molecule has 27 heavy (non-hydrogen) atoms. The summed E-state index contributed by atoms with van der Waals surface area (Å²) in [6.45, 7) is 15.9. The molecule has 0 bridgehead atoms. The van der Waals surface area contributed by atoms with Crippen molar-refractivity contribution in [3.63, 3.8) is 0 Å². The lowest BCUT2D eigenvalue weighted by Gasteiger charge is -2.29. The van der Waals surface area contributed by atoms with E-state index in [1.807, 2.05) is 0 Å². The molecule has 0 aliphatic carbocycles. The van der Waals surface area contributed by atoms with Gasteiger partial charge in [0.1, 0.15) is 0 Å². The smallest absolute Gasteiger partial charge is 0.193 e. The maximum Gasteiger partial charge on any atom is 0.193 e. The maximum atomic E-state index is 9.33. The highest BCUT2D eigenvalue weighted by Gasteiger charge is 2.27. The lowest BCUT2D eigenvalue weighted by molar-refractivity contribution is 0.0315. The molecule has 6 nitrogen and oxygen atoms in total. The van der Waals surface area contributed by atoms with Gasteiger partial charge in [-0.3, -0.25) is 9.89 Å². The second-order valence-electron chi connectivity index (χ2n) is 8.22. The number of aliphatic imine (C=N–C) groups is 1. The number of hydrogen-bond donors (Lipinski definition) is 2. The molecule has 160 valence electrons. The van der Waals surface area contributed by atoms with E-state index in [4.69, 9.17) is 9.73 Å². The highest BCUT2D eigenvalue weighted by atomic mass is 127. The van der Waals surface area contributed by atoms with Crippen molar-refractivity contribution in [2.24, 2.45) is 22.7 Å². The molecule has 2 saturated heterocycles. The van der Waals surface area contributed by atoms with Gasteiger partial charge in [0.05, 0.1) is 13.2 Å². The number of rotatable bonds is 9. The fourth-order valence-corrected chi connectivity index (χ4v) is 4.10. The van der Waals surface area contributed by atoms with E-state index in [-0.39, 0.29) is 30.6 Å². The zero-order chi connectivity index (χ0) is 18.8. The van der Waals surface area contributed by atoms with Crippen LogP contribution in [0.5, 0.6) is 0 Å². The summed E-state index contributed by atoms with van der Waals surface area (Å²) in [7, 11) is 0. The monoisotopic (exact) mass is 496 g/mol. The third-order valence-electron chi connectivity index (χ3n) is 5.38. The maximum absolute atomic E-state index is 9.33. The Morgan fingerprint density at radius 1 is 1.26 bits per heavy atom. The van der Waals surface area contributed by atoms with Crippen LogP contribution in [-0.2, 0) is 4.74 Å². The van der Waals surface area contributed by atoms with Crippen LogP contribution in [0.3, 0.4) is 0 Å². The Hall–Kier alpha value is -0.120. The van der Waals surface area contributed by atoms with Crippen molar-refractivity contribution in [1.82, 2.24) is 15.1 Å². The summed E-state index contributed by atoms with van der Waals surface area (Å²) >= 11 is 0. The molecular weight excluding hydrogens is 455 g/mol. The van der Waals surface area contributed by atoms with Crippen LogP contribution in [-0.4, -0.2) is 86.5 Å². The van der Waals surface area contributed by atoms with Gasteiger partial charge in [-0.1, -0.05) is 13.8 Å². The van der Waals surface area contributed by atoms with E-state index >= 15 is 0 Å². The van der Waals surface area contributed by atoms with Gasteiger partial charge in [0.2, 0.25) is 0 Å². The van der Waals surface area contributed by atoms with Gasteiger partial charge in [0.15, 0.2) is 5.96 Å². The third kappa shape index (κ3) is 9.28. The molecule has 0 saturated carbocycles. The summed E-state index contributed by atoms with van der Waals surface area (Å²) < 4.78 is 5.46. The molecule has 0 aromatic rings. The van der Waals surface area contributed by atoms with E-state index in [0.29, 0.717) is 11.8 Å². The number of aliphatic hydroxyl groups excluding tert-OH is 1. The molecule has 0 amide bonds. The molecule has 2 fully saturated rings. The molecule has 2 N–H and O–H groups in total. The summed E-state index contributed by atoms with van der Waals surface area (Å²) in [6.07, 6.45) is 3.22. The summed E-state index contributed by atoms with van der Waals surface area (Å²) in [5.74, 6) is 2.90. The second-order valence-corrected chi connectivity index (χ2v) is 8.22. The minimum Gasteiger partial charge on any atom is -0.396 e. The number of hydrogen-bond acceptors (Lipinski definition) is 4. The molecule has 0 radical (unpaired) electrons. The molecule has 0 aromatic heterocycles. The molecule has 2 atom stereocenters. The molecule has 2 aliphatic rings. The van der Waals surface area contributed by atoms with Crippen molar-refractivity contribution < 1.29 is 9.84 Å². The number of likely N-dealkylation sites (tertiary alicyclic amines) is 1. The van der Waals surface area contributed by atoms with Crippen molar-refractivity contribution in [2.75, 3.05) is 65.6 Å². The summed E-state index contributed by atoms with van der Waals surface area (Å²) in [4.78, 5) is 9.91. The zero-order valence-electron chi connectivity index (χ0n) is 17.5. The number of morpholine rings is 1. The predicted molar refractivity (Wildman–Crippen MR) is 123 cm³/mol. The van der Waals surface area contributed by atoms with Gasteiger partial charge in [-0.25, -0.2) is 0 Å². The van der Waals surface area contributed by atoms with Gasteiger partial charge in [0, 0.05) is 52.4 Å². The number of ether oxygens (including phenoxy) is 1. The van der Waals surface area contributed by atoms with Crippen LogP contribution in [0, 0.1) is 17.8 Å². The van der Waals surface area contributed by atoms with Crippen LogP contribution in [0.25, 0.3) is 0 Å². The number of guanidine groups is 1. The van der Waals surface area contributed by atoms with Crippen LogP contribution in [0.15, 0.2) is 4.99 Å². The summed E-state index contributed by atoms with van der Waals surface area (Å²) in [5.41, 5.74) is 0. The van der Waals surface area contributed by atoms with Crippen LogP contribution in [0.4, 0.5) is 0 Å². The SMILES string of the molecule is CCNC(=NCC(CCO)CC(C)C)N1CCC(CN2CCOCC2)C1.I. The van der Waals surface area contributed by atoms with Crippen LogP contribution in [0.1, 0.15) is 40.0 Å². The number of nitrogens with one attached hydrogen (secondary N) is 1. The Balaban J connectivity index is 0.00000364. The minimum atomic E-state index is 0. The van der Waals surface area contributed by atoms with E-state index in [1.54, 1.807) is 0 Å². The predicted octanol–water partition coefficient (Wildman–Crippen LogP) is 2.27. The fraction of sp³-hybridized carbons (Fsp3) is 0.950. The summed E-state index contributed by atoms with van der Waals surface area (Å²) in [5, 5.41) is 12.8. The van der Waals surface area contributed by atoms with Crippen LogP contribution >= 0.6 is 24.0 Å². The van der Waals surface area contributed by atoms with Crippen molar-refractivity contribution >= 4 is 29.9 Å². The van der Waals surface area contributed by atoms with E-state index < -0.39 is 0 Å². The van der Waals surface area contributed by atoms with Gasteiger partial charge < -0.3 is 20.1 Å². The highest BCUT2D eigenvalue weighted by Crippen LogP contribution is 2.19. The Kier molecular flexibility index (Phi) is 12.9. The van der Waals surface area contributed by atoms with Crippen LogP contribution < -0.4 is 5.32 Å². The molecule has 0 spiro atoms. The largest absolute Gasteiger partial charge is 0.396 e. The van der Waals surface area contributed by atoms with Gasteiger partial charge in [0.25, 0.3) is 0 Å². The topological polar surface area (TPSA) is 60.3 Å². The Morgan fingerprint density at radius 2 is 2.00 bits per heavy atom. The van der Waals surface area contributed by atoms with Crippen molar-refractivity contribution in [1.29, 1.82) is 0 Å².